The second-order valence-corrected chi connectivity index (χ2v) is 4.84. The molecule has 0 heterocycles. The number of carbonyl (C=O) groups excluding carboxylic acids is 2. The van der Waals surface area contributed by atoms with Gasteiger partial charge in [-0.15, -0.1) is 11.8 Å². The predicted molar refractivity (Wildman–Crippen MR) is 74.8 cm³/mol. The first-order valence-corrected chi connectivity index (χ1v) is 6.84. The largest absolute Gasteiger partial charge is 0.497 e. The van der Waals surface area contributed by atoms with Crippen molar-refractivity contribution in [2.75, 3.05) is 26.6 Å². The van der Waals surface area contributed by atoms with Gasteiger partial charge in [-0.3, -0.25) is 4.79 Å². The van der Waals surface area contributed by atoms with E-state index >= 15 is 0 Å². The summed E-state index contributed by atoms with van der Waals surface area (Å²) in [6.45, 7) is -0.494. The lowest BCUT2D eigenvalue weighted by Crippen LogP contribution is -2.44. The van der Waals surface area contributed by atoms with E-state index in [1.54, 1.807) is 19.2 Å². The number of nitrogens with one attached hydrogen (secondary N) is 1. The van der Waals surface area contributed by atoms with Crippen LogP contribution in [0, 0.1) is 0 Å². The van der Waals surface area contributed by atoms with Gasteiger partial charge in [-0.05, 0) is 24.3 Å². The molecule has 1 rings (SSSR count). The molecule has 0 aliphatic rings. The Morgan fingerprint density at radius 1 is 1.30 bits per heavy atom. The highest BCUT2D eigenvalue weighted by molar-refractivity contribution is 8.00. The maximum absolute atomic E-state index is 11.7. The monoisotopic (exact) mass is 299 g/mol. The summed E-state index contributed by atoms with van der Waals surface area (Å²) in [4.78, 5) is 23.8. The zero-order chi connectivity index (χ0) is 15.0. The molecule has 0 aromatic heterocycles. The normalized spacial score (nSPS) is 11.6. The molecule has 0 unspecified atom stereocenters. The average molecular weight is 299 g/mol. The molecule has 6 nitrogen and oxygen atoms in total. The van der Waals surface area contributed by atoms with Crippen LogP contribution in [0.25, 0.3) is 0 Å². The van der Waals surface area contributed by atoms with Crippen LogP contribution < -0.4 is 10.1 Å². The van der Waals surface area contributed by atoms with Crippen molar-refractivity contribution in [3.05, 3.63) is 24.3 Å². The van der Waals surface area contributed by atoms with Crippen molar-refractivity contribution < 1.29 is 24.2 Å². The van der Waals surface area contributed by atoms with E-state index in [2.05, 4.69) is 10.1 Å². The van der Waals surface area contributed by atoms with Gasteiger partial charge < -0.3 is 19.9 Å². The van der Waals surface area contributed by atoms with Crippen LogP contribution in [0.5, 0.6) is 5.75 Å². The van der Waals surface area contributed by atoms with Gasteiger partial charge in [-0.1, -0.05) is 0 Å². The second kappa shape index (κ2) is 8.44. The van der Waals surface area contributed by atoms with Crippen LogP contribution in [0.15, 0.2) is 29.2 Å². The minimum atomic E-state index is -1.02. The maximum atomic E-state index is 11.7. The number of rotatable bonds is 7. The number of methoxy groups -OCH3 is 2. The molecule has 2 N–H and O–H groups in total. The van der Waals surface area contributed by atoms with Crippen molar-refractivity contribution in [3.8, 4) is 5.75 Å². The molecule has 1 aromatic rings. The smallest absolute Gasteiger partial charge is 0.330 e. The van der Waals surface area contributed by atoms with E-state index in [0.717, 1.165) is 10.6 Å². The standard InChI is InChI=1S/C13H17NO5S/c1-18-9-3-5-10(6-4-9)20-8-12(16)14-11(7-15)13(17)19-2/h3-6,11,15H,7-8H2,1-2H3,(H,14,16)/t11-/m0/s1. The summed E-state index contributed by atoms with van der Waals surface area (Å²) >= 11 is 1.32. The summed E-state index contributed by atoms with van der Waals surface area (Å²) in [5, 5.41) is 11.4. The minimum Gasteiger partial charge on any atom is -0.497 e. The number of benzene rings is 1. The fourth-order valence-electron chi connectivity index (χ4n) is 1.38. The first-order chi connectivity index (χ1) is 9.60. The van der Waals surface area contributed by atoms with Gasteiger partial charge in [0.15, 0.2) is 6.04 Å². The molecule has 0 saturated heterocycles. The molecule has 7 heteroatoms. The maximum Gasteiger partial charge on any atom is 0.330 e. The van der Waals surface area contributed by atoms with Gasteiger partial charge in [-0.25, -0.2) is 4.79 Å². The molecule has 1 atom stereocenters. The number of amides is 1. The highest BCUT2D eigenvalue weighted by atomic mass is 32.2. The van der Waals surface area contributed by atoms with Crippen LogP contribution >= 0.6 is 11.8 Å². The van der Waals surface area contributed by atoms with E-state index in [-0.39, 0.29) is 11.7 Å². The number of thioether (sulfide) groups is 1. The summed E-state index contributed by atoms with van der Waals surface area (Å²) in [5.74, 6) is -0.143. The van der Waals surface area contributed by atoms with E-state index in [1.807, 2.05) is 12.1 Å². The van der Waals surface area contributed by atoms with Gasteiger partial charge in [0.2, 0.25) is 5.91 Å². The summed E-state index contributed by atoms with van der Waals surface area (Å²) < 4.78 is 9.49. The summed E-state index contributed by atoms with van der Waals surface area (Å²) in [5.41, 5.74) is 0. The van der Waals surface area contributed by atoms with E-state index in [4.69, 9.17) is 9.84 Å². The Bertz CT molecular complexity index is 449. The van der Waals surface area contributed by atoms with E-state index in [0.29, 0.717) is 0 Å². The van der Waals surface area contributed by atoms with Crippen LogP contribution in [0.4, 0.5) is 0 Å². The zero-order valence-corrected chi connectivity index (χ0v) is 12.1. The van der Waals surface area contributed by atoms with Gasteiger partial charge >= 0.3 is 5.97 Å². The van der Waals surface area contributed by atoms with Gasteiger partial charge in [0.25, 0.3) is 0 Å². The Morgan fingerprint density at radius 2 is 1.95 bits per heavy atom. The van der Waals surface area contributed by atoms with Crippen LogP contribution in [0.3, 0.4) is 0 Å². The molecular weight excluding hydrogens is 282 g/mol. The van der Waals surface area contributed by atoms with Crippen molar-refractivity contribution in [1.82, 2.24) is 5.32 Å². The molecule has 0 saturated carbocycles. The SMILES string of the molecule is COC(=O)[C@H](CO)NC(=O)CSc1ccc(OC)cc1. The van der Waals surface area contributed by atoms with Crippen molar-refractivity contribution in [2.45, 2.75) is 10.9 Å². The van der Waals surface area contributed by atoms with E-state index in [1.165, 1.54) is 18.9 Å². The van der Waals surface area contributed by atoms with Gasteiger partial charge in [0, 0.05) is 4.90 Å². The van der Waals surface area contributed by atoms with Crippen LogP contribution in [-0.4, -0.2) is 49.6 Å². The fraction of sp³-hybridized carbons (Fsp3) is 0.385. The quantitative estimate of drug-likeness (QED) is 0.561. The minimum absolute atomic E-state index is 0.139. The Labute approximate surface area is 121 Å². The zero-order valence-electron chi connectivity index (χ0n) is 11.3. The number of hydrogen-bond acceptors (Lipinski definition) is 6. The highest BCUT2D eigenvalue weighted by Gasteiger charge is 2.20. The third-order valence-electron chi connectivity index (χ3n) is 2.43. The van der Waals surface area contributed by atoms with Crippen LogP contribution in [-0.2, 0) is 14.3 Å². The third kappa shape index (κ3) is 5.10. The lowest BCUT2D eigenvalue weighted by Gasteiger charge is -2.13. The van der Waals surface area contributed by atoms with Crippen molar-refractivity contribution in [2.24, 2.45) is 0 Å². The lowest BCUT2D eigenvalue weighted by atomic mass is 10.3. The molecule has 0 aliphatic heterocycles. The van der Waals surface area contributed by atoms with E-state index in [9.17, 15) is 9.59 Å². The topological polar surface area (TPSA) is 84.9 Å². The highest BCUT2D eigenvalue weighted by Crippen LogP contribution is 2.20. The number of aliphatic hydroxyl groups is 1. The van der Waals surface area contributed by atoms with Crippen LogP contribution in [0.2, 0.25) is 0 Å². The number of carbonyl (C=O) groups is 2. The van der Waals surface area contributed by atoms with Crippen molar-refractivity contribution in [1.29, 1.82) is 0 Å². The molecule has 1 amide bonds. The molecule has 0 spiro atoms. The average Bonchev–Trinajstić information content (AvgIpc) is 2.50. The molecule has 0 radical (unpaired) electrons. The Morgan fingerprint density at radius 3 is 2.45 bits per heavy atom. The number of esters is 1. The lowest BCUT2D eigenvalue weighted by molar-refractivity contribution is -0.145. The molecule has 0 bridgehead atoms. The Hall–Kier alpha value is -1.73. The second-order valence-electron chi connectivity index (χ2n) is 3.79. The molecule has 110 valence electrons. The Balaban J connectivity index is 2.43. The van der Waals surface area contributed by atoms with Crippen LogP contribution in [0.1, 0.15) is 0 Å². The van der Waals surface area contributed by atoms with Gasteiger partial charge in [0.05, 0.1) is 26.6 Å². The molecule has 0 aliphatic carbocycles. The third-order valence-corrected chi connectivity index (χ3v) is 3.44. The van der Waals surface area contributed by atoms with Crippen molar-refractivity contribution >= 4 is 23.6 Å². The summed E-state index contributed by atoms with van der Waals surface area (Å²) in [6, 6.07) is 6.24. The molecule has 1 aromatic carbocycles. The number of ether oxygens (including phenoxy) is 2. The summed E-state index contributed by atoms with van der Waals surface area (Å²) in [6.07, 6.45) is 0. The first-order valence-electron chi connectivity index (χ1n) is 5.85. The predicted octanol–water partition coefficient (Wildman–Crippen LogP) is 0.437. The Kier molecular flexibility index (Phi) is 6.89. The number of aliphatic hydroxyl groups excluding tert-OH is 1. The number of hydrogen-bond donors (Lipinski definition) is 2. The summed E-state index contributed by atoms with van der Waals surface area (Å²) in [7, 11) is 2.78. The van der Waals surface area contributed by atoms with Gasteiger partial charge in [0.1, 0.15) is 5.75 Å². The molecular formula is C13H17NO5S. The first kappa shape index (κ1) is 16.3. The molecule has 20 heavy (non-hydrogen) atoms. The van der Waals surface area contributed by atoms with Crippen molar-refractivity contribution in [3.63, 3.8) is 0 Å². The fourth-order valence-corrected chi connectivity index (χ4v) is 2.09. The molecule has 0 fully saturated rings. The van der Waals surface area contributed by atoms with E-state index < -0.39 is 18.6 Å². The van der Waals surface area contributed by atoms with Gasteiger partial charge in [-0.2, -0.15) is 0 Å².